The second kappa shape index (κ2) is 11.6. The van der Waals surface area contributed by atoms with E-state index in [2.05, 4.69) is 33.7 Å². The number of urea groups is 1. The summed E-state index contributed by atoms with van der Waals surface area (Å²) in [5.41, 5.74) is 19.3. The van der Waals surface area contributed by atoms with Crippen LogP contribution in [0.5, 0.6) is 0 Å². The van der Waals surface area contributed by atoms with Crippen LogP contribution in [0.4, 0.5) is 10.6 Å². The van der Waals surface area contributed by atoms with E-state index in [9.17, 15) is 4.79 Å². The summed E-state index contributed by atoms with van der Waals surface area (Å²) in [6.07, 6.45) is 1.60. The molecule has 0 aliphatic carbocycles. The van der Waals surface area contributed by atoms with Gasteiger partial charge in [-0.2, -0.15) is 0 Å². The number of nitrogens with two attached hydrogens (primary N) is 3. The Morgan fingerprint density at radius 1 is 1.25 bits per heavy atom. The number of piperazine rings is 1. The number of likely N-dealkylation sites (N-methyl/N-ethyl adjacent to an activating group) is 1. The van der Waals surface area contributed by atoms with Crippen LogP contribution >= 0.6 is 0 Å². The van der Waals surface area contributed by atoms with Crippen LogP contribution in [0.15, 0.2) is 47.0 Å². The fraction of sp³-hybridized carbons (Fsp3) is 0.409. The smallest absolute Gasteiger partial charge is 0.317 e. The van der Waals surface area contributed by atoms with Gasteiger partial charge in [0.05, 0.1) is 5.57 Å². The Hall–Kier alpha value is -3.71. The zero-order chi connectivity index (χ0) is 23.7. The minimum absolute atomic E-state index is 0.0744. The highest BCUT2D eigenvalue weighted by atomic mass is 16.2. The minimum Gasteiger partial charge on any atom is -0.401 e. The van der Waals surface area contributed by atoms with Crippen molar-refractivity contribution in [1.29, 1.82) is 0 Å². The second-order valence-electron chi connectivity index (χ2n) is 7.72. The van der Waals surface area contributed by atoms with E-state index in [-0.39, 0.29) is 11.9 Å². The van der Waals surface area contributed by atoms with Gasteiger partial charge in [0.2, 0.25) is 0 Å². The maximum atomic E-state index is 12.4. The number of allylic oxidation sites excluding steroid dienone is 1. The molecule has 0 radical (unpaired) electrons. The quantitative estimate of drug-likeness (QED) is 0.287. The van der Waals surface area contributed by atoms with Gasteiger partial charge in [0.15, 0.2) is 0 Å². The van der Waals surface area contributed by atoms with Crippen molar-refractivity contribution >= 4 is 17.7 Å². The van der Waals surface area contributed by atoms with Crippen LogP contribution in [0, 0.1) is 11.8 Å². The van der Waals surface area contributed by atoms with Gasteiger partial charge >= 0.3 is 6.03 Å². The van der Waals surface area contributed by atoms with Gasteiger partial charge in [0.1, 0.15) is 17.5 Å². The van der Waals surface area contributed by atoms with Crippen LogP contribution in [0.2, 0.25) is 0 Å². The number of amides is 2. The number of nitrogens with zero attached hydrogens (tertiary/aromatic N) is 5. The van der Waals surface area contributed by atoms with Crippen LogP contribution in [-0.2, 0) is 0 Å². The van der Waals surface area contributed by atoms with Crippen LogP contribution < -0.4 is 22.5 Å². The second-order valence-corrected chi connectivity index (χ2v) is 7.72. The molecular formula is C22H33N9O. The predicted octanol–water partition coefficient (Wildman–Crippen LogP) is -0.0348. The third-order valence-corrected chi connectivity index (χ3v) is 4.69. The molecule has 1 aliphatic rings. The first-order chi connectivity index (χ1) is 15.2. The van der Waals surface area contributed by atoms with Crippen LogP contribution in [0.3, 0.4) is 0 Å². The Morgan fingerprint density at radius 2 is 1.91 bits per heavy atom. The van der Waals surface area contributed by atoms with Crippen molar-refractivity contribution in [1.82, 2.24) is 25.0 Å². The molecule has 7 N–H and O–H groups in total. The third-order valence-electron chi connectivity index (χ3n) is 4.69. The van der Waals surface area contributed by atoms with Crippen molar-refractivity contribution in [3.8, 4) is 11.8 Å². The number of pyridine rings is 1. The summed E-state index contributed by atoms with van der Waals surface area (Å²) in [4.78, 5) is 26.7. The van der Waals surface area contributed by atoms with Gasteiger partial charge < -0.3 is 37.2 Å². The van der Waals surface area contributed by atoms with Crippen molar-refractivity contribution in [2.24, 2.45) is 16.5 Å². The van der Waals surface area contributed by atoms with Crippen molar-refractivity contribution < 1.29 is 4.79 Å². The van der Waals surface area contributed by atoms with Gasteiger partial charge in [-0.05, 0) is 33.2 Å². The Balaban J connectivity index is 2.15. The standard InChI is InChI=1S/C22H33N9O/c1-16(23)19(7-5-18-6-8-20(25)27-15-18)21(28-17(2)24)30-11-13-31(14-12-30)22(32)26-9-10-29(3)4/h6,8,15H,2,9-14,23-24H2,1,3-4H3,(H2,25,27)(H,26,32)/b19-16-,28-21+. The molecular weight excluding hydrogens is 406 g/mol. The maximum absolute atomic E-state index is 12.4. The molecule has 0 bridgehead atoms. The Morgan fingerprint density at radius 3 is 2.44 bits per heavy atom. The van der Waals surface area contributed by atoms with Gasteiger partial charge in [-0.15, -0.1) is 0 Å². The number of aromatic nitrogens is 1. The average Bonchev–Trinajstić information content (AvgIpc) is 2.73. The molecule has 2 rings (SSSR count). The molecule has 0 spiro atoms. The van der Waals surface area contributed by atoms with E-state index in [1.54, 1.807) is 30.2 Å². The van der Waals surface area contributed by atoms with E-state index in [1.165, 1.54) is 0 Å². The molecule has 10 nitrogen and oxygen atoms in total. The molecule has 1 aliphatic heterocycles. The largest absolute Gasteiger partial charge is 0.401 e. The molecule has 1 aromatic rings. The number of aliphatic imine (C=N–C) groups is 1. The van der Waals surface area contributed by atoms with E-state index in [0.717, 1.165) is 6.54 Å². The van der Waals surface area contributed by atoms with Gasteiger partial charge in [-0.25, -0.2) is 14.8 Å². The normalized spacial score (nSPS) is 15.1. The SMILES string of the molecule is C=C(N)/N=C(\C(C#Cc1ccc(N)nc1)=C(\C)N)N1CCN(C(=O)NCCN(C)C)CC1. The number of carbonyl (C=O) groups is 1. The number of rotatable bonds is 5. The van der Waals surface area contributed by atoms with E-state index in [0.29, 0.717) is 61.2 Å². The van der Waals surface area contributed by atoms with Crippen molar-refractivity contribution in [2.45, 2.75) is 6.92 Å². The van der Waals surface area contributed by atoms with E-state index < -0.39 is 0 Å². The van der Waals surface area contributed by atoms with E-state index >= 15 is 0 Å². The number of nitrogen functional groups attached to an aromatic ring is 1. The van der Waals surface area contributed by atoms with Crippen LogP contribution in [-0.4, -0.2) is 84.9 Å². The zero-order valence-corrected chi connectivity index (χ0v) is 19.1. The highest BCUT2D eigenvalue weighted by molar-refractivity contribution is 6.03. The molecule has 1 saturated heterocycles. The van der Waals surface area contributed by atoms with Crippen LogP contribution in [0.1, 0.15) is 12.5 Å². The Labute approximate surface area is 189 Å². The molecule has 1 aromatic heterocycles. The van der Waals surface area contributed by atoms with Gasteiger partial charge in [0, 0.05) is 56.7 Å². The summed E-state index contributed by atoms with van der Waals surface area (Å²) in [6, 6.07) is 3.39. The van der Waals surface area contributed by atoms with Gasteiger partial charge in [0.25, 0.3) is 0 Å². The fourth-order valence-corrected chi connectivity index (χ4v) is 2.99. The third kappa shape index (κ3) is 7.52. The average molecular weight is 440 g/mol. The summed E-state index contributed by atoms with van der Waals surface area (Å²) in [5.74, 6) is 7.25. The number of carbonyl (C=O) groups excluding carboxylic acids is 1. The zero-order valence-electron chi connectivity index (χ0n) is 19.1. The van der Waals surface area contributed by atoms with E-state index in [4.69, 9.17) is 17.2 Å². The first kappa shape index (κ1) is 24.6. The monoisotopic (exact) mass is 439 g/mol. The van der Waals surface area contributed by atoms with E-state index in [1.807, 2.05) is 23.9 Å². The van der Waals surface area contributed by atoms with Crippen molar-refractivity contribution in [3.63, 3.8) is 0 Å². The summed E-state index contributed by atoms with van der Waals surface area (Å²) in [6.45, 7) is 9.05. The lowest BCUT2D eigenvalue weighted by atomic mass is 10.1. The van der Waals surface area contributed by atoms with Crippen LogP contribution in [0.25, 0.3) is 0 Å². The molecule has 2 amide bonds. The lowest BCUT2D eigenvalue weighted by Gasteiger charge is -2.36. The molecule has 0 unspecified atom stereocenters. The molecule has 2 heterocycles. The molecule has 10 heteroatoms. The number of anilines is 1. The number of hydrogen-bond donors (Lipinski definition) is 4. The molecule has 0 atom stereocenters. The molecule has 32 heavy (non-hydrogen) atoms. The van der Waals surface area contributed by atoms with Gasteiger partial charge in [-0.1, -0.05) is 18.4 Å². The highest BCUT2D eigenvalue weighted by Crippen LogP contribution is 2.13. The van der Waals surface area contributed by atoms with Crippen molar-refractivity contribution in [3.05, 3.63) is 47.6 Å². The Kier molecular flexibility index (Phi) is 8.92. The summed E-state index contributed by atoms with van der Waals surface area (Å²) >= 11 is 0. The first-order valence-electron chi connectivity index (χ1n) is 10.3. The maximum Gasteiger partial charge on any atom is 0.317 e. The predicted molar refractivity (Wildman–Crippen MR) is 128 cm³/mol. The lowest BCUT2D eigenvalue weighted by molar-refractivity contribution is 0.169. The Bertz CT molecular complexity index is 926. The summed E-state index contributed by atoms with van der Waals surface area (Å²) in [5, 5.41) is 2.94. The first-order valence-corrected chi connectivity index (χ1v) is 10.3. The topological polar surface area (TPSA) is 142 Å². The van der Waals surface area contributed by atoms with Crippen molar-refractivity contribution in [2.75, 3.05) is 59.1 Å². The minimum atomic E-state index is -0.0744. The summed E-state index contributed by atoms with van der Waals surface area (Å²) < 4.78 is 0. The summed E-state index contributed by atoms with van der Waals surface area (Å²) in [7, 11) is 3.93. The number of hydrogen-bond acceptors (Lipinski definition) is 7. The molecule has 1 fully saturated rings. The lowest BCUT2D eigenvalue weighted by Crippen LogP contribution is -2.54. The molecule has 0 saturated carbocycles. The number of amidine groups is 1. The molecule has 0 aromatic carbocycles. The molecule has 172 valence electrons. The fourth-order valence-electron chi connectivity index (χ4n) is 2.99. The number of nitrogens with one attached hydrogen (secondary N) is 1. The van der Waals surface area contributed by atoms with Gasteiger partial charge in [-0.3, -0.25) is 0 Å². The highest BCUT2D eigenvalue weighted by Gasteiger charge is 2.25.